The van der Waals surface area contributed by atoms with Gasteiger partial charge in [-0.3, -0.25) is 5.43 Å². The van der Waals surface area contributed by atoms with Crippen LogP contribution in [0.15, 0.2) is 72.0 Å². The molecule has 0 saturated carbocycles. The van der Waals surface area contributed by atoms with E-state index in [2.05, 4.69) is 15.8 Å². The van der Waals surface area contributed by atoms with E-state index in [0.717, 1.165) is 17.1 Å². The highest BCUT2D eigenvalue weighted by Gasteiger charge is 2.04. The predicted octanol–water partition coefficient (Wildman–Crippen LogP) is 4.00. The van der Waals surface area contributed by atoms with E-state index in [1.165, 1.54) is 6.07 Å². The van der Waals surface area contributed by atoms with Gasteiger partial charge in [0.05, 0.1) is 25.6 Å². The number of anilines is 1. The molecule has 2 N–H and O–H groups in total. The summed E-state index contributed by atoms with van der Waals surface area (Å²) in [5.74, 6) is 0.508. The van der Waals surface area contributed by atoms with Crippen molar-refractivity contribution in [3.63, 3.8) is 0 Å². The molecule has 0 aliphatic rings. The summed E-state index contributed by atoms with van der Waals surface area (Å²) in [6.45, 7) is 0.424. The van der Waals surface area contributed by atoms with Gasteiger partial charge in [0.25, 0.3) is 0 Å². The summed E-state index contributed by atoms with van der Waals surface area (Å²) < 4.78 is 20.9. The van der Waals surface area contributed by atoms with Crippen molar-refractivity contribution in [1.82, 2.24) is 9.99 Å². The Bertz CT molecular complexity index is 954. The first-order valence-corrected chi connectivity index (χ1v) is 8.69. The van der Waals surface area contributed by atoms with E-state index in [4.69, 9.17) is 17.0 Å². The molecule has 3 rings (SSSR count). The van der Waals surface area contributed by atoms with E-state index in [9.17, 15) is 4.39 Å². The van der Waals surface area contributed by atoms with Crippen LogP contribution in [0.5, 0.6) is 5.75 Å². The molecule has 0 saturated heterocycles. The smallest absolute Gasteiger partial charge is 0.191 e. The third-order valence-electron chi connectivity index (χ3n) is 3.85. The lowest BCUT2D eigenvalue weighted by Crippen LogP contribution is -2.24. The number of aromatic nitrogens is 1. The van der Waals surface area contributed by atoms with Crippen molar-refractivity contribution in [2.75, 3.05) is 12.4 Å². The van der Waals surface area contributed by atoms with Crippen LogP contribution in [0.25, 0.3) is 0 Å². The van der Waals surface area contributed by atoms with E-state index in [1.54, 1.807) is 25.5 Å². The minimum absolute atomic E-state index is 0.226. The summed E-state index contributed by atoms with van der Waals surface area (Å²) >= 11 is 5.23. The lowest BCUT2D eigenvalue weighted by molar-refractivity contribution is 0.415. The zero-order chi connectivity index (χ0) is 19.1. The highest BCUT2D eigenvalue weighted by atomic mass is 32.1. The van der Waals surface area contributed by atoms with Gasteiger partial charge in [0, 0.05) is 23.5 Å². The molecule has 0 bridgehead atoms. The Kier molecular flexibility index (Phi) is 6.17. The van der Waals surface area contributed by atoms with Gasteiger partial charge in [0.2, 0.25) is 0 Å². The summed E-state index contributed by atoms with van der Waals surface area (Å²) in [5.41, 5.74) is 5.01. The molecule has 1 heterocycles. The Hall–Kier alpha value is -3.19. The van der Waals surface area contributed by atoms with Gasteiger partial charge in [-0.15, -0.1) is 0 Å². The molecular formula is C20H19FN4OS. The first kappa shape index (κ1) is 18.6. The number of nitrogens with one attached hydrogen (secondary N) is 2. The van der Waals surface area contributed by atoms with E-state index in [0.29, 0.717) is 17.2 Å². The molecule has 0 unspecified atom stereocenters. The third-order valence-corrected chi connectivity index (χ3v) is 4.05. The molecule has 0 spiro atoms. The molecule has 3 aromatic rings. The Labute approximate surface area is 162 Å². The van der Waals surface area contributed by atoms with Crippen LogP contribution in [-0.2, 0) is 6.54 Å². The maximum atomic E-state index is 13.8. The molecule has 0 aliphatic heterocycles. The SMILES string of the molecule is COc1cccc(NC(=S)NN=Cc2cccn2Cc2ccccc2F)c1. The van der Waals surface area contributed by atoms with Crippen molar-refractivity contribution in [2.24, 2.45) is 5.10 Å². The average Bonchev–Trinajstić information content (AvgIpc) is 3.11. The minimum atomic E-state index is -0.226. The average molecular weight is 382 g/mol. The van der Waals surface area contributed by atoms with Crippen molar-refractivity contribution in [3.05, 3.63) is 83.9 Å². The van der Waals surface area contributed by atoms with Crippen LogP contribution in [0.3, 0.4) is 0 Å². The minimum Gasteiger partial charge on any atom is -0.497 e. The van der Waals surface area contributed by atoms with Crippen LogP contribution < -0.4 is 15.5 Å². The molecule has 0 radical (unpaired) electrons. The summed E-state index contributed by atoms with van der Waals surface area (Å²) in [6, 6.07) is 17.9. The number of hydrazone groups is 1. The van der Waals surface area contributed by atoms with Gasteiger partial charge in [-0.1, -0.05) is 24.3 Å². The maximum Gasteiger partial charge on any atom is 0.191 e. The van der Waals surface area contributed by atoms with Crippen LogP contribution in [0.1, 0.15) is 11.3 Å². The molecule has 0 atom stereocenters. The second-order valence-electron chi connectivity index (χ2n) is 5.71. The van der Waals surface area contributed by atoms with Crippen LogP contribution in [0.2, 0.25) is 0 Å². The van der Waals surface area contributed by atoms with Crippen LogP contribution in [0, 0.1) is 5.82 Å². The number of thiocarbonyl (C=S) groups is 1. The van der Waals surface area contributed by atoms with Crippen molar-refractivity contribution >= 4 is 29.2 Å². The van der Waals surface area contributed by atoms with Gasteiger partial charge >= 0.3 is 0 Å². The van der Waals surface area contributed by atoms with Gasteiger partial charge in [0.15, 0.2) is 5.11 Å². The van der Waals surface area contributed by atoms with Crippen molar-refractivity contribution in [3.8, 4) is 5.75 Å². The number of rotatable bonds is 6. The largest absolute Gasteiger partial charge is 0.497 e. The van der Waals surface area contributed by atoms with E-state index in [1.807, 2.05) is 53.2 Å². The highest BCUT2D eigenvalue weighted by molar-refractivity contribution is 7.80. The van der Waals surface area contributed by atoms with Gasteiger partial charge in [-0.2, -0.15) is 5.10 Å². The van der Waals surface area contributed by atoms with Crippen LogP contribution >= 0.6 is 12.2 Å². The predicted molar refractivity (Wildman–Crippen MR) is 110 cm³/mol. The molecular weight excluding hydrogens is 363 g/mol. The zero-order valence-electron chi connectivity index (χ0n) is 14.7. The normalized spacial score (nSPS) is 10.7. The number of benzene rings is 2. The first-order valence-electron chi connectivity index (χ1n) is 8.28. The number of ether oxygens (including phenoxy) is 1. The second-order valence-corrected chi connectivity index (χ2v) is 6.12. The quantitative estimate of drug-likeness (QED) is 0.384. The maximum absolute atomic E-state index is 13.8. The van der Waals surface area contributed by atoms with Gasteiger partial charge in [0.1, 0.15) is 11.6 Å². The lowest BCUT2D eigenvalue weighted by Gasteiger charge is -2.09. The number of nitrogens with zero attached hydrogens (tertiary/aromatic N) is 2. The monoisotopic (exact) mass is 382 g/mol. The number of hydrogen-bond donors (Lipinski definition) is 2. The van der Waals surface area contributed by atoms with Crippen LogP contribution in [-0.4, -0.2) is 23.0 Å². The molecule has 138 valence electrons. The second kappa shape index (κ2) is 8.95. The fourth-order valence-electron chi connectivity index (χ4n) is 2.52. The van der Waals surface area contributed by atoms with Crippen molar-refractivity contribution < 1.29 is 9.13 Å². The molecule has 2 aromatic carbocycles. The van der Waals surface area contributed by atoms with E-state index < -0.39 is 0 Å². The van der Waals surface area contributed by atoms with E-state index in [-0.39, 0.29) is 5.82 Å². The van der Waals surface area contributed by atoms with Gasteiger partial charge in [-0.25, -0.2) is 4.39 Å². The van der Waals surface area contributed by atoms with Gasteiger partial charge in [-0.05, 0) is 42.5 Å². The summed E-state index contributed by atoms with van der Waals surface area (Å²) in [6.07, 6.45) is 3.51. The van der Waals surface area contributed by atoms with Gasteiger partial charge < -0.3 is 14.6 Å². The zero-order valence-corrected chi connectivity index (χ0v) is 15.5. The standard InChI is InChI=1S/C20H19FN4OS/c1-26-18-9-4-7-16(12-18)23-20(27)24-22-13-17-8-5-11-25(17)14-15-6-2-3-10-19(15)21/h2-13H,14H2,1H3,(H2,23,24,27). The molecule has 0 aliphatic carbocycles. The molecule has 1 aromatic heterocycles. The number of halogens is 1. The molecule has 0 fully saturated rings. The molecule has 7 heteroatoms. The Balaban J connectivity index is 1.59. The fraction of sp³-hybridized carbons (Fsp3) is 0.100. The fourth-order valence-corrected chi connectivity index (χ4v) is 2.69. The number of methoxy groups -OCH3 is 1. The van der Waals surface area contributed by atoms with Crippen molar-refractivity contribution in [2.45, 2.75) is 6.54 Å². The Morgan fingerprint density at radius 3 is 2.85 bits per heavy atom. The molecule has 0 amide bonds. The lowest BCUT2D eigenvalue weighted by atomic mass is 10.2. The summed E-state index contributed by atoms with van der Waals surface area (Å²) in [5, 5.41) is 7.53. The Morgan fingerprint density at radius 2 is 2.04 bits per heavy atom. The third kappa shape index (κ3) is 5.15. The number of hydrogen-bond acceptors (Lipinski definition) is 3. The highest BCUT2D eigenvalue weighted by Crippen LogP contribution is 2.16. The Morgan fingerprint density at radius 1 is 1.19 bits per heavy atom. The first-order chi connectivity index (χ1) is 13.2. The van der Waals surface area contributed by atoms with Crippen molar-refractivity contribution in [1.29, 1.82) is 0 Å². The topological polar surface area (TPSA) is 50.6 Å². The van der Waals surface area contributed by atoms with E-state index >= 15 is 0 Å². The molecule has 27 heavy (non-hydrogen) atoms. The summed E-state index contributed by atoms with van der Waals surface area (Å²) in [7, 11) is 1.61. The van der Waals surface area contributed by atoms with Crippen LogP contribution in [0.4, 0.5) is 10.1 Å². The molecule has 5 nitrogen and oxygen atoms in total. The summed E-state index contributed by atoms with van der Waals surface area (Å²) in [4.78, 5) is 0.